The Morgan fingerprint density at radius 2 is 1.55 bits per heavy atom. The van der Waals surface area contributed by atoms with E-state index in [1.54, 1.807) is 44.9 Å². The molecule has 1 aromatic carbocycles. The summed E-state index contributed by atoms with van der Waals surface area (Å²) in [5, 5.41) is 9.53. The largest absolute Gasteiger partial charge is 0.493 e. The Labute approximate surface area is 250 Å². The van der Waals surface area contributed by atoms with Crippen molar-refractivity contribution >= 4 is 23.6 Å². The van der Waals surface area contributed by atoms with Crippen LogP contribution in [0.25, 0.3) is 0 Å². The van der Waals surface area contributed by atoms with Crippen molar-refractivity contribution in [1.82, 2.24) is 15.2 Å². The van der Waals surface area contributed by atoms with Crippen LogP contribution < -0.4 is 14.8 Å². The quantitative estimate of drug-likeness (QED) is 0.505. The predicted molar refractivity (Wildman–Crippen MR) is 161 cm³/mol. The van der Waals surface area contributed by atoms with Gasteiger partial charge in [0.25, 0.3) is 0 Å². The lowest BCUT2D eigenvalue weighted by atomic mass is 9.73. The highest BCUT2D eigenvalue weighted by atomic mass is 16.6. The molecule has 3 amide bonds. The van der Waals surface area contributed by atoms with E-state index in [1.165, 1.54) is 0 Å². The first-order valence-electron chi connectivity index (χ1n) is 15.2. The molecule has 0 aromatic heterocycles. The first-order valence-corrected chi connectivity index (χ1v) is 15.2. The van der Waals surface area contributed by atoms with Gasteiger partial charge in [0.05, 0.1) is 26.0 Å². The normalized spacial score (nSPS) is 22.6. The van der Waals surface area contributed by atoms with Gasteiger partial charge in [-0.1, -0.05) is 33.6 Å². The highest BCUT2D eigenvalue weighted by Gasteiger charge is 2.45. The molecule has 2 fully saturated rings. The Bertz CT molecular complexity index is 1190. The minimum atomic E-state index is -0.738. The molecule has 0 unspecified atom stereocenters. The second kappa shape index (κ2) is 12.5. The number of nitrogens with zero attached hydrogens (tertiary/aromatic N) is 3. The summed E-state index contributed by atoms with van der Waals surface area (Å²) in [5.74, 6) is 1.22. The van der Waals surface area contributed by atoms with E-state index >= 15 is 0 Å². The number of hydrazone groups is 1. The number of ether oxygens (including phenoxy) is 3. The Kier molecular flexibility index (Phi) is 9.42. The molecular weight excluding hydrogens is 536 g/mol. The second-order valence-corrected chi connectivity index (χ2v) is 13.7. The summed E-state index contributed by atoms with van der Waals surface area (Å²) in [6.07, 6.45) is 4.51. The maximum absolute atomic E-state index is 13.8. The first kappa shape index (κ1) is 31.6. The van der Waals surface area contributed by atoms with E-state index in [0.29, 0.717) is 37.4 Å². The molecule has 1 saturated carbocycles. The third-order valence-electron chi connectivity index (χ3n) is 8.45. The fraction of sp³-hybridized carbons (Fsp3) is 0.688. The number of hydrogen-bond acceptors (Lipinski definition) is 7. The molecule has 0 bridgehead atoms. The fourth-order valence-electron chi connectivity index (χ4n) is 6.28. The number of fused-ring (bicyclic) bond motifs is 1. The molecule has 1 N–H and O–H groups in total. The molecule has 4 rings (SSSR count). The molecule has 3 atom stereocenters. The van der Waals surface area contributed by atoms with Gasteiger partial charge in [0.15, 0.2) is 11.5 Å². The van der Waals surface area contributed by atoms with E-state index in [1.807, 2.05) is 39.0 Å². The summed E-state index contributed by atoms with van der Waals surface area (Å²) in [5.41, 5.74) is 0.689. The minimum Gasteiger partial charge on any atom is -0.493 e. The van der Waals surface area contributed by atoms with E-state index in [-0.39, 0.29) is 29.7 Å². The average molecular weight is 585 g/mol. The number of alkyl carbamates (subject to hydrolysis) is 1. The SMILES string of the molecule is COc1ccc(C2=NN(C3CCN(C(=O)[C@H](NC(=O)OC(C)(C)C)C(C)(C)C)CC3)C(=O)[C@@H]3CCCC[C@H]23)cc1OC. The van der Waals surface area contributed by atoms with Crippen molar-refractivity contribution in [2.24, 2.45) is 22.4 Å². The molecule has 1 saturated heterocycles. The molecule has 0 radical (unpaired) electrons. The molecule has 2 aliphatic heterocycles. The summed E-state index contributed by atoms with van der Waals surface area (Å²) in [7, 11) is 3.23. The van der Waals surface area contributed by atoms with Crippen molar-refractivity contribution in [2.75, 3.05) is 27.3 Å². The Balaban J connectivity index is 1.52. The maximum atomic E-state index is 13.8. The van der Waals surface area contributed by atoms with Gasteiger partial charge in [0.2, 0.25) is 11.8 Å². The first-order chi connectivity index (χ1) is 19.7. The molecular formula is C32H48N4O6. The van der Waals surface area contributed by atoms with E-state index < -0.39 is 23.2 Å². The monoisotopic (exact) mass is 584 g/mol. The highest BCUT2D eigenvalue weighted by Crippen LogP contribution is 2.40. The van der Waals surface area contributed by atoms with E-state index in [0.717, 1.165) is 37.0 Å². The van der Waals surface area contributed by atoms with Crippen LogP contribution in [-0.4, -0.2) is 78.5 Å². The highest BCUT2D eigenvalue weighted by molar-refractivity contribution is 6.07. The third-order valence-corrected chi connectivity index (χ3v) is 8.45. The van der Waals surface area contributed by atoms with Gasteiger partial charge in [-0.3, -0.25) is 9.59 Å². The summed E-state index contributed by atoms with van der Waals surface area (Å²) < 4.78 is 16.4. The van der Waals surface area contributed by atoms with Crippen LogP contribution in [0.2, 0.25) is 0 Å². The minimum absolute atomic E-state index is 0.0775. The van der Waals surface area contributed by atoms with Gasteiger partial charge in [0, 0.05) is 30.5 Å². The maximum Gasteiger partial charge on any atom is 0.408 e. The number of amides is 3. The number of carbonyl (C=O) groups excluding carboxylic acids is 3. The second-order valence-electron chi connectivity index (χ2n) is 13.7. The third kappa shape index (κ3) is 7.01. The predicted octanol–water partition coefficient (Wildman–Crippen LogP) is 4.99. The standard InChI is InChI=1S/C32H48N4O6/c1-31(2,3)27(33-30(39)42-32(4,5)6)29(38)35-17-15-21(16-18-35)36-28(37)23-12-10-9-11-22(23)26(34-36)20-13-14-24(40-7)25(19-20)41-8/h13-14,19,21-23,27H,9-12,15-18H2,1-8H3,(H,33,39)/t22-,23+,27-/m0/s1. The van der Waals surface area contributed by atoms with Crippen LogP contribution >= 0.6 is 0 Å². The molecule has 42 heavy (non-hydrogen) atoms. The van der Waals surface area contributed by atoms with Crippen LogP contribution in [0.5, 0.6) is 11.5 Å². The number of piperidine rings is 1. The summed E-state index contributed by atoms with van der Waals surface area (Å²) in [4.78, 5) is 41.8. The van der Waals surface area contributed by atoms with Crippen LogP contribution in [0.4, 0.5) is 4.79 Å². The molecule has 3 aliphatic rings. The van der Waals surface area contributed by atoms with Crippen molar-refractivity contribution in [3.8, 4) is 11.5 Å². The van der Waals surface area contributed by atoms with Crippen molar-refractivity contribution in [3.05, 3.63) is 23.8 Å². The van der Waals surface area contributed by atoms with Crippen molar-refractivity contribution in [1.29, 1.82) is 0 Å². The zero-order valence-electron chi connectivity index (χ0n) is 26.5. The summed E-state index contributed by atoms with van der Waals surface area (Å²) in [6.45, 7) is 12.1. The molecule has 1 aliphatic carbocycles. The zero-order valence-corrected chi connectivity index (χ0v) is 26.5. The Hall–Kier alpha value is -3.30. The van der Waals surface area contributed by atoms with Crippen LogP contribution in [0.3, 0.4) is 0 Å². The number of nitrogens with one attached hydrogen (secondary N) is 1. The van der Waals surface area contributed by atoms with Crippen molar-refractivity contribution < 1.29 is 28.6 Å². The fourth-order valence-corrected chi connectivity index (χ4v) is 6.28. The van der Waals surface area contributed by atoms with E-state index in [2.05, 4.69) is 5.32 Å². The lowest BCUT2D eigenvalue weighted by Gasteiger charge is -2.44. The summed E-state index contributed by atoms with van der Waals surface area (Å²) >= 11 is 0. The molecule has 1 aromatic rings. The Morgan fingerprint density at radius 1 is 0.929 bits per heavy atom. The van der Waals surface area contributed by atoms with Gasteiger partial charge in [-0.15, -0.1) is 0 Å². The Morgan fingerprint density at radius 3 is 2.12 bits per heavy atom. The van der Waals surface area contributed by atoms with Crippen LogP contribution in [-0.2, 0) is 14.3 Å². The van der Waals surface area contributed by atoms with Gasteiger partial charge in [-0.25, -0.2) is 9.80 Å². The molecule has 232 valence electrons. The summed E-state index contributed by atoms with van der Waals surface area (Å²) in [6, 6.07) is 4.98. The van der Waals surface area contributed by atoms with Gasteiger partial charge in [-0.05, 0) is 70.1 Å². The van der Waals surface area contributed by atoms with Crippen molar-refractivity contribution in [3.63, 3.8) is 0 Å². The molecule has 0 spiro atoms. The van der Waals surface area contributed by atoms with E-state index in [4.69, 9.17) is 19.3 Å². The van der Waals surface area contributed by atoms with Gasteiger partial charge in [0.1, 0.15) is 11.6 Å². The lowest BCUT2D eigenvalue weighted by Crippen LogP contribution is -2.58. The zero-order chi connectivity index (χ0) is 30.8. The van der Waals surface area contributed by atoms with E-state index in [9.17, 15) is 14.4 Å². The average Bonchev–Trinajstić information content (AvgIpc) is 2.94. The number of benzene rings is 1. The van der Waals surface area contributed by atoms with Gasteiger partial charge >= 0.3 is 6.09 Å². The molecule has 10 nitrogen and oxygen atoms in total. The number of methoxy groups -OCH3 is 2. The van der Waals surface area contributed by atoms with Crippen LogP contribution in [0.1, 0.15) is 85.6 Å². The van der Waals surface area contributed by atoms with Gasteiger partial charge < -0.3 is 24.4 Å². The van der Waals surface area contributed by atoms with Gasteiger partial charge in [-0.2, -0.15) is 5.10 Å². The number of likely N-dealkylation sites (tertiary alicyclic amines) is 1. The van der Waals surface area contributed by atoms with Crippen LogP contribution in [0.15, 0.2) is 23.3 Å². The van der Waals surface area contributed by atoms with Crippen molar-refractivity contribution in [2.45, 2.75) is 97.8 Å². The topological polar surface area (TPSA) is 110 Å². The number of hydrogen-bond donors (Lipinski definition) is 1. The smallest absolute Gasteiger partial charge is 0.408 e. The molecule has 10 heteroatoms. The number of rotatable bonds is 6. The lowest BCUT2D eigenvalue weighted by molar-refractivity contribution is -0.144. The molecule has 2 heterocycles. The van der Waals surface area contributed by atoms with Crippen LogP contribution in [0, 0.1) is 17.3 Å². The number of carbonyl (C=O) groups is 3.